The predicted molar refractivity (Wildman–Crippen MR) is 103 cm³/mol. The zero-order valence-corrected chi connectivity index (χ0v) is 15.6. The van der Waals surface area contributed by atoms with Crippen molar-refractivity contribution < 1.29 is 19.1 Å². The summed E-state index contributed by atoms with van der Waals surface area (Å²) < 4.78 is 12.1. The highest BCUT2D eigenvalue weighted by atomic mass is 16.5. The molecule has 2 heterocycles. The van der Waals surface area contributed by atoms with Gasteiger partial charge >= 0.3 is 5.97 Å². The van der Waals surface area contributed by atoms with Crippen LogP contribution in [0.25, 0.3) is 11.0 Å². The van der Waals surface area contributed by atoms with Gasteiger partial charge in [-0.15, -0.1) is 6.58 Å². The van der Waals surface area contributed by atoms with Crippen molar-refractivity contribution in [3.63, 3.8) is 0 Å². The van der Waals surface area contributed by atoms with Crippen molar-refractivity contribution in [1.29, 1.82) is 0 Å². The number of carbonyl (C=O) groups excluding carboxylic acids is 2. The highest BCUT2D eigenvalue weighted by molar-refractivity contribution is 6.01. The molecule has 1 aromatic carbocycles. The molecule has 1 aliphatic heterocycles. The largest absolute Gasteiger partial charge is 0.465 e. The van der Waals surface area contributed by atoms with Gasteiger partial charge in [-0.2, -0.15) is 0 Å². The van der Waals surface area contributed by atoms with Gasteiger partial charge in [0.1, 0.15) is 0 Å². The Morgan fingerprint density at radius 2 is 2.26 bits per heavy atom. The van der Waals surface area contributed by atoms with E-state index in [1.54, 1.807) is 13.2 Å². The van der Waals surface area contributed by atoms with E-state index in [2.05, 4.69) is 21.8 Å². The Morgan fingerprint density at radius 1 is 1.44 bits per heavy atom. The molecule has 8 heteroatoms. The SMILES string of the molecule is C=CCC1CN(CCCOC)c2cc(C(=O)OC)cc3nc(NC=O)n1c23. The first kappa shape index (κ1) is 18.9. The van der Waals surface area contributed by atoms with Crippen molar-refractivity contribution in [2.75, 3.05) is 44.1 Å². The second-order valence-electron chi connectivity index (χ2n) is 6.39. The summed E-state index contributed by atoms with van der Waals surface area (Å²) >= 11 is 0. The monoisotopic (exact) mass is 372 g/mol. The molecule has 1 atom stereocenters. The summed E-state index contributed by atoms with van der Waals surface area (Å²) in [5, 5.41) is 2.68. The molecule has 1 aromatic heterocycles. The minimum atomic E-state index is -0.419. The van der Waals surface area contributed by atoms with E-state index in [0.29, 0.717) is 36.6 Å². The van der Waals surface area contributed by atoms with E-state index in [-0.39, 0.29) is 6.04 Å². The lowest BCUT2D eigenvalue weighted by Gasteiger charge is -2.36. The Hall–Kier alpha value is -2.87. The smallest absolute Gasteiger partial charge is 0.338 e. The number of carbonyl (C=O) groups is 2. The molecule has 8 nitrogen and oxygen atoms in total. The zero-order chi connectivity index (χ0) is 19.4. The summed E-state index contributed by atoms with van der Waals surface area (Å²) in [5.41, 5.74) is 2.86. The molecule has 0 fully saturated rings. The Balaban J connectivity index is 2.18. The third kappa shape index (κ3) is 3.52. The molecule has 1 aliphatic rings. The Labute approximate surface area is 157 Å². The molecule has 0 saturated heterocycles. The first-order valence-electron chi connectivity index (χ1n) is 8.83. The number of methoxy groups -OCH3 is 2. The summed E-state index contributed by atoms with van der Waals surface area (Å²) in [6.07, 6.45) is 4.07. The van der Waals surface area contributed by atoms with Crippen LogP contribution < -0.4 is 10.2 Å². The Morgan fingerprint density at radius 3 is 2.93 bits per heavy atom. The fourth-order valence-corrected chi connectivity index (χ4v) is 3.62. The topological polar surface area (TPSA) is 85.7 Å². The van der Waals surface area contributed by atoms with Crippen molar-refractivity contribution >= 4 is 35.0 Å². The van der Waals surface area contributed by atoms with Gasteiger partial charge < -0.3 is 18.9 Å². The lowest BCUT2D eigenvalue weighted by Crippen LogP contribution is -2.36. The van der Waals surface area contributed by atoms with Gasteiger partial charge in [-0.25, -0.2) is 9.78 Å². The minimum absolute atomic E-state index is 0.0778. The molecule has 1 N–H and O–H groups in total. The minimum Gasteiger partial charge on any atom is -0.465 e. The summed E-state index contributed by atoms with van der Waals surface area (Å²) in [6.45, 7) is 6.01. The molecule has 0 aliphatic carbocycles. The van der Waals surface area contributed by atoms with Crippen LogP contribution in [0.1, 0.15) is 29.2 Å². The van der Waals surface area contributed by atoms with E-state index in [4.69, 9.17) is 9.47 Å². The van der Waals surface area contributed by atoms with Crippen molar-refractivity contribution in [2.45, 2.75) is 18.9 Å². The van der Waals surface area contributed by atoms with Gasteiger partial charge in [-0.3, -0.25) is 10.1 Å². The van der Waals surface area contributed by atoms with Crippen molar-refractivity contribution in [1.82, 2.24) is 9.55 Å². The van der Waals surface area contributed by atoms with E-state index >= 15 is 0 Å². The zero-order valence-electron chi connectivity index (χ0n) is 15.6. The number of hydrogen-bond acceptors (Lipinski definition) is 6. The van der Waals surface area contributed by atoms with Crippen LogP contribution in [0.4, 0.5) is 11.6 Å². The summed E-state index contributed by atoms with van der Waals surface area (Å²) in [4.78, 5) is 30.0. The highest BCUT2D eigenvalue weighted by Crippen LogP contribution is 2.39. The molecule has 1 amide bonds. The highest BCUT2D eigenvalue weighted by Gasteiger charge is 2.30. The predicted octanol–water partition coefficient (Wildman–Crippen LogP) is 2.36. The fourth-order valence-electron chi connectivity index (χ4n) is 3.62. The number of hydrogen-bond donors (Lipinski definition) is 1. The van der Waals surface area contributed by atoms with Crippen LogP contribution >= 0.6 is 0 Å². The number of anilines is 2. The third-order valence-corrected chi connectivity index (χ3v) is 4.73. The first-order chi connectivity index (χ1) is 13.1. The molecule has 0 bridgehead atoms. The van der Waals surface area contributed by atoms with Gasteiger partial charge in [-0.05, 0) is 25.0 Å². The molecular weight excluding hydrogens is 348 g/mol. The van der Waals surface area contributed by atoms with Crippen LogP contribution in [0, 0.1) is 0 Å². The van der Waals surface area contributed by atoms with Gasteiger partial charge in [0.05, 0.1) is 35.4 Å². The maximum atomic E-state index is 12.1. The summed E-state index contributed by atoms with van der Waals surface area (Å²) in [6, 6.07) is 3.60. The number of rotatable bonds is 9. The number of imidazole rings is 1. The summed E-state index contributed by atoms with van der Waals surface area (Å²) in [5.74, 6) is 0.0457. The lowest BCUT2D eigenvalue weighted by atomic mass is 10.1. The Kier molecular flexibility index (Phi) is 5.75. The normalized spacial score (nSPS) is 15.6. The maximum Gasteiger partial charge on any atom is 0.338 e. The standard InChI is InChI=1S/C19H24N4O4/c1-4-6-14-11-22(7-5-8-26-2)16-10-13(18(25)27-3)9-15-17(16)23(14)19(21-15)20-12-24/h4,9-10,12,14H,1,5-8,11H2,2-3H3,(H,20,21,24). The maximum absolute atomic E-state index is 12.1. The van der Waals surface area contributed by atoms with Crippen LogP contribution in [0.15, 0.2) is 24.8 Å². The number of esters is 1. The average Bonchev–Trinajstić information content (AvgIpc) is 3.03. The van der Waals surface area contributed by atoms with E-state index in [1.807, 2.05) is 16.7 Å². The molecule has 0 saturated carbocycles. The van der Waals surface area contributed by atoms with Gasteiger partial charge in [0.15, 0.2) is 0 Å². The molecule has 27 heavy (non-hydrogen) atoms. The molecule has 0 radical (unpaired) electrons. The second-order valence-corrected chi connectivity index (χ2v) is 6.39. The molecular formula is C19H24N4O4. The number of amides is 1. The van der Waals surface area contributed by atoms with E-state index in [0.717, 1.165) is 30.6 Å². The number of nitrogens with zero attached hydrogens (tertiary/aromatic N) is 3. The van der Waals surface area contributed by atoms with Gasteiger partial charge in [0.2, 0.25) is 12.4 Å². The van der Waals surface area contributed by atoms with E-state index in [9.17, 15) is 9.59 Å². The van der Waals surface area contributed by atoms with Crippen LogP contribution in [0.3, 0.4) is 0 Å². The number of allylic oxidation sites excluding steroid dienone is 1. The average molecular weight is 372 g/mol. The molecule has 144 valence electrons. The third-order valence-electron chi connectivity index (χ3n) is 4.73. The van der Waals surface area contributed by atoms with Gasteiger partial charge in [0, 0.05) is 26.8 Å². The molecule has 2 aromatic rings. The Bertz CT molecular complexity index is 861. The molecule has 3 rings (SSSR count). The lowest BCUT2D eigenvalue weighted by molar-refractivity contribution is -0.105. The van der Waals surface area contributed by atoms with E-state index < -0.39 is 5.97 Å². The second kappa shape index (κ2) is 8.22. The number of benzene rings is 1. The molecule has 1 unspecified atom stereocenters. The molecule has 0 spiro atoms. The van der Waals surface area contributed by atoms with Gasteiger partial charge in [-0.1, -0.05) is 6.08 Å². The number of aromatic nitrogens is 2. The first-order valence-corrected chi connectivity index (χ1v) is 8.83. The number of nitrogens with one attached hydrogen (secondary N) is 1. The fraction of sp³-hybridized carbons (Fsp3) is 0.421. The van der Waals surface area contributed by atoms with Crippen molar-refractivity contribution in [3.8, 4) is 0 Å². The van der Waals surface area contributed by atoms with Crippen LogP contribution in [-0.2, 0) is 14.3 Å². The van der Waals surface area contributed by atoms with Crippen LogP contribution in [0.5, 0.6) is 0 Å². The van der Waals surface area contributed by atoms with Crippen molar-refractivity contribution in [3.05, 3.63) is 30.4 Å². The van der Waals surface area contributed by atoms with Gasteiger partial charge in [0.25, 0.3) is 0 Å². The number of ether oxygens (including phenoxy) is 2. The van der Waals surface area contributed by atoms with Crippen molar-refractivity contribution in [2.24, 2.45) is 0 Å². The summed E-state index contributed by atoms with van der Waals surface area (Å²) in [7, 11) is 3.03. The van der Waals surface area contributed by atoms with E-state index in [1.165, 1.54) is 7.11 Å². The van der Waals surface area contributed by atoms with Crippen LogP contribution in [0.2, 0.25) is 0 Å². The quantitative estimate of drug-likeness (QED) is 0.315. The van der Waals surface area contributed by atoms with Crippen LogP contribution in [-0.4, -0.2) is 55.8 Å².